The van der Waals surface area contributed by atoms with Crippen LogP contribution >= 0.6 is 27.5 Å². The number of hydrogen-bond donors (Lipinski definition) is 0. The largest absolute Gasteiger partial charge is 0.292 e. The Balaban J connectivity index is 2.60. The molecule has 0 amide bonds. The van der Waals surface area contributed by atoms with Crippen LogP contribution in [-0.2, 0) is 6.54 Å². The minimum atomic E-state index is -0.730. The first-order chi connectivity index (χ1) is 9.81. The summed E-state index contributed by atoms with van der Waals surface area (Å²) in [5.41, 5.74) is -0.644. The minimum Gasteiger partial charge on any atom is -0.292 e. The van der Waals surface area contributed by atoms with Crippen molar-refractivity contribution in [3.8, 4) is 0 Å². The van der Waals surface area contributed by atoms with Gasteiger partial charge in [0.25, 0.3) is 5.56 Å². The van der Waals surface area contributed by atoms with Gasteiger partial charge in [-0.05, 0) is 28.1 Å². The highest BCUT2D eigenvalue weighted by Crippen LogP contribution is 2.23. The Hall–Kier alpha value is -1.27. The smallest absolute Gasteiger partial charge is 0.255 e. The molecule has 0 bridgehead atoms. The van der Waals surface area contributed by atoms with Gasteiger partial charge in [0.1, 0.15) is 22.6 Å². The van der Waals surface area contributed by atoms with Crippen molar-refractivity contribution in [2.45, 2.75) is 26.3 Å². The standard InChI is InChI=1S/C14H12BrClF2N2O/c1-7(2)14-19-11(16)5-12(21)20(14)6-8-10(17)4-3-9(15)13(8)18/h3-5,7H,6H2,1-2H3. The van der Waals surface area contributed by atoms with E-state index in [1.807, 2.05) is 13.8 Å². The van der Waals surface area contributed by atoms with Crippen LogP contribution in [0.1, 0.15) is 31.2 Å². The van der Waals surface area contributed by atoms with Crippen LogP contribution in [0.4, 0.5) is 8.78 Å². The summed E-state index contributed by atoms with van der Waals surface area (Å²) in [5.74, 6) is -1.18. The van der Waals surface area contributed by atoms with Gasteiger partial charge in [-0.25, -0.2) is 13.8 Å². The van der Waals surface area contributed by atoms with E-state index in [2.05, 4.69) is 20.9 Å². The van der Waals surface area contributed by atoms with E-state index in [9.17, 15) is 13.6 Å². The zero-order valence-corrected chi connectivity index (χ0v) is 13.7. The lowest BCUT2D eigenvalue weighted by molar-refractivity contribution is 0.525. The van der Waals surface area contributed by atoms with Crippen molar-refractivity contribution in [2.75, 3.05) is 0 Å². The maximum absolute atomic E-state index is 14.0. The van der Waals surface area contributed by atoms with Gasteiger partial charge in [0.2, 0.25) is 0 Å². The molecule has 112 valence electrons. The van der Waals surface area contributed by atoms with E-state index >= 15 is 0 Å². The Morgan fingerprint density at radius 3 is 2.67 bits per heavy atom. The summed E-state index contributed by atoms with van der Waals surface area (Å²) in [6, 6.07) is 3.55. The average Bonchev–Trinajstić information content (AvgIpc) is 2.40. The molecule has 2 rings (SSSR count). The van der Waals surface area contributed by atoms with Crippen LogP contribution in [0.2, 0.25) is 5.15 Å². The summed E-state index contributed by atoms with van der Waals surface area (Å²) in [6.07, 6.45) is 0. The van der Waals surface area contributed by atoms with Crippen molar-refractivity contribution in [3.63, 3.8) is 0 Å². The molecule has 0 atom stereocenters. The topological polar surface area (TPSA) is 34.9 Å². The molecule has 2 aromatic rings. The van der Waals surface area contributed by atoms with Crippen molar-refractivity contribution in [1.29, 1.82) is 0 Å². The first-order valence-corrected chi connectivity index (χ1v) is 7.38. The van der Waals surface area contributed by atoms with Gasteiger partial charge in [0, 0.05) is 17.5 Å². The molecule has 7 heteroatoms. The molecule has 0 aliphatic carbocycles. The number of benzene rings is 1. The SMILES string of the molecule is CC(C)c1nc(Cl)cc(=O)n1Cc1c(F)ccc(Br)c1F. The van der Waals surface area contributed by atoms with E-state index in [0.29, 0.717) is 5.82 Å². The molecule has 0 unspecified atom stereocenters. The average molecular weight is 378 g/mol. The fourth-order valence-electron chi connectivity index (χ4n) is 1.97. The number of halogens is 4. The highest BCUT2D eigenvalue weighted by Gasteiger charge is 2.17. The number of hydrogen-bond acceptors (Lipinski definition) is 2. The van der Waals surface area contributed by atoms with Gasteiger partial charge < -0.3 is 0 Å². The van der Waals surface area contributed by atoms with Crippen molar-refractivity contribution in [3.05, 3.63) is 61.2 Å². The summed E-state index contributed by atoms with van der Waals surface area (Å²) < 4.78 is 29.2. The van der Waals surface area contributed by atoms with Crippen molar-refractivity contribution < 1.29 is 8.78 Å². The molecule has 0 saturated carbocycles. The number of nitrogens with zero attached hydrogens (tertiary/aromatic N) is 2. The van der Waals surface area contributed by atoms with E-state index in [1.165, 1.54) is 10.6 Å². The van der Waals surface area contributed by atoms with Crippen LogP contribution in [0.25, 0.3) is 0 Å². The molecule has 0 radical (unpaired) electrons. The molecule has 3 nitrogen and oxygen atoms in total. The van der Waals surface area contributed by atoms with Crippen LogP contribution in [-0.4, -0.2) is 9.55 Å². The summed E-state index contributed by atoms with van der Waals surface area (Å²) in [5, 5.41) is 0.0649. The molecule has 0 saturated heterocycles. The first kappa shape index (κ1) is 16.1. The fourth-order valence-corrected chi connectivity index (χ4v) is 2.52. The van der Waals surface area contributed by atoms with Crippen molar-refractivity contribution in [2.24, 2.45) is 0 Å². The van der Waals surface area contributed by atoms with Crippen molar-refractivity contribution in [1.82, 2.24) is 9.55 Å². The predicted octanol–water partition coefficient (Wildman–Crippen LogP) is 4.11. The van der Waals surface area contributed by atoms with Gasteiger partial charge in [-0.3, -0.25) is 9.36 Å². The minimum absolute atomic E-state index is 0.0649. The molecule has 0 fully saturated rings. The molecule has 0 aliphatic rings. The Morgan fingerprint density at radius 2 is 2.05 bits per heavy atom. The van der Waals surface area contributed by atoms with Gasteiger partial charge in [-0.2, -0.15) is 0 Å². The maximum Gasteiger partial charge on any atom is 0.255 e. The second-order valence-electron chi connectivity index (χ2n) is 4.84. The summed E-state index contributed by atoms with van der Waals surface area (Å²) in [4.78, 5) is 16.1. The third-order valence-corrected chi connectivity index (χ3v) is 3.78. The number of rotatable bonds is 3. The van der Waals surface area contributed by atoms with E-state index in [0.717, 1.165) is 12.1 Å². The molecule has 0 aliphatic heterocycles. The maximum atomic E-state index is 14.0. The molecular weight excluding hydrogens is 366 g/mol. The Bertz CT molecular complexity index is 746. The quantitative estimate of drug-likeness (QED) is 0.596. The fraction of sp³-hybridized carbons (Fsp3) is 0.286. The van der Waals surface area contributed by atoms with Crippen LogP contribution in [0.5, 0.6) is 0 Å². The zero-order chi connectivity index (χ0) is 15.7. The predicted molar refractivity (Wildman–Crippen MR) is 80.8 cm³/mol. The van der Waals surface area contributed by atoms with Gasteiger partial charge in [-0.15, -0.1) is 0 Å². The van der Waals surface area contributed by atoms with Gasteiger partial charge in [-0.1, -0.05) is 25.4 Å². The molecule has 0 N–H and O–H groups in total. The van der Waals surface area contributed by atoms with Crippen LogP contribution in [0, 0.1) is 11.6 Å². The molecule has 0 spiro atoms. The van der Waals surface area contributed by atoms with Crippen molar-refractivity contribution >= 4 is 27.5 Å². The van der Waals surface area contributed by atoms with Gasteiger partial charge in [0.15, 0.2) is 0 Å². The van der Waals surface area contributed by atoms with Crippen LogP contribution < -0.4 is 5.56 Å². The van der Waals surface area contributed by atoms with Gasteiger partial charge >= 0.3 is 0 Å². The molecular formula is C14H12BrClF2N2O. The monoisotopic (exact) mass is 376 g/mol. The molecule has 1 heterocycles. The summed E-state index contributed by atoms with van der Waals surface area (Å²) in [6.45, 7) is 3.40. The Labute approximate surface area is 133 Å². The molecule has 1 aromatic carbocycles. The first-order valence-electron chi connectivity index (χ1n) is 6.21. The van der Waals surface area contributed by atoms with E-state index < -0.39 is 17.2 Å². The third kappa shape index (κ3) is 3.32. The highest BCUT2D eigenvalue weighted by atomic mass is 79.9. The second-order valence-corrected chi connectivity index (χ2v) is 6.08. The van der Waals surface area contributed by atoms with Gasteiger partial charge in [0.05, 0.1) is 11.0 Å². The zero-order valence-electron chi connectivity index (χ0n) is 11.3. The molecule has 1 aromatic heterocycles. The lowest BCUT2D eigenvalue weighted by atomic mass is 10.1. The second kappa shape index (κ2) is 6.23. The summed E-state index contributed by atoms with van der Waals surface area (Å²) in [7, 11) is 0. The van der Waals surface area contributed by atoms with Crippen LogP contribution in [0.3, 0.4) is 0 Å². The lowest BCUT2D eigenvalue weighted by Crippen LogP contribution is -2.26. The summed E-state index contributed by atoms with van der Waals surface area (Å²) >= 11 is 8.78. The lowest BCUT2D eigenvalue weighted by Gasteiger charge is -2.15. The van der Waals surface area contributed by atoms with Crippen LogP contribution in [0.15, 0.2) is 27.5 Å². The number of aromatic nitrogens is 2. The Morgan fingerprint density at radius 1 is 1.38 bits per heavy atom. The van der Waals surface area contributed by atoms with E-state index in [-0.39, 0.29) is 27.7 Å². The van der Waals surface area contributed by atoms with E-state index in [4.69, 9.17) is 11.6 Å². The molecule has 21 heavy (non-hydrogen) atoms. The van der Waals surface area contributed by atoms with E-state index in [1.54, 1.807) is 0 Å². The Kier molecular flexibility index (Phi) is 4.78. The normalized spacial score (nSPS) is 11.2. The third-order valence-electron chi connectivity index (χ3n) is 2.98. The highest BCUT2D eigenvalue weighted by molar-refractivity contribution is 9.10.